The van der Waals surface area contributed by atoms with Crippen LogP contribution >= 0.6 is 11.6 Å². The maximum Gasteiger partial charge on any atom is 0.287 e. The van der Waals surface area contributed by atoms with Crippen molar-refractivity contribution >= 4 is 29.3 Å². The first-order valence-corrected chi connectivity index (χ1v) is 9.15. The van der Waals surface area contributed by atoms with E-state index in [1.807, 2.05) is 6.92 Å². The van der Waals surface area contributed by atoms with E-state index in [4.69, 9.17) is 16.3 Å². The van der Waals surface area contributed by atoms with E-state index >= 15 is 0 Å². The standard InChI is InChI=1S/C17H24ClN5O5/c1-4-10-15(18)21-16(19-10)17(26)20-11-7-8-23(9-12(11)27-2)14(25)6-5-13(24)22-28-3/h5-6,11-12H,4,7-9H2,1-3H3,(H,19,21)(H,20,26)(H,22,24)/b6-5+/t11-,12+/m1/s1. The van der Waals surface area contributed by atoms with Crippen molar-refractivity contribution in [1.29, 1.82) is 0 Å². The van der Waals surface area contributed by atoms with E-state index in [0.717, 1.165) is 12.2 Å². The monoisotopic (exact) mass is 413 g/mol. The van der Waals surface area contributed by atoms with Gasteiger partial charge in [-0.05, 0) is 12.8 Å². The topological polar surface area (TPSA) is 126 Å². The number of H-pyrrole nitrogens is 1. The van der Waals surface area contributed by atoms with Crippen molar-refractivity contribution in [3.8, 4) is 0 Å². The highest BCUT2D eigenvalue weighted by Crippen LogP contribution is 2.16. The number of carbonyl (C=O) groups is 3. The van der Waals surface area contributed by atoms with Gasteiger partial charge in [-0.2, -0.15) is 0 Å². The lowest BCUT2D eigenvalue weighted by Gasteiger charge is -2.37. The number of nitrogens with zero attached hydrogens (tertiary/aromatic N) is 2. The Hall–Kier alpha value is -2.43. The first-order valence-electron chi connectivity index (χ1n) is 8.77. The molecule has 0 aliphatic carbocycles. The Labute approximate surface area is 167 Å². The van der Waals surface area contributed by atoms with Gasteiger partial charge >= 0.3 is 0 Å². The highest BCUT2D eigenvalue weighted by atomic mass is 35.5. The zero-order valence-corrected chi connectivity index (χ0v) is 16.7. The van der Waals surface area contributed by atoms with Gasteiger partial charge in [0.15, 0.2) is 11.0 Å². The predicted octanol–water partition coefficient (Wildman–Crippen LogP) is 0.205. The average Bonchev–Trinajstić information content (AvgIpc) is 3.07. The smallest absolute Gasteiger partial charge is 0.287 e. The Morgan fingerprint density at radius 3 is 2.71 bits per heavy atom. The summed E-state index contributed by atoms with van der Waals surface area (Å²) in [5, 5.41) is 3.15. The van der Waals surface area contributed by atoms with Gasteiger partial charge in [-0.3, -0.25) is 19.2 Å². The number of aryl methyl sites for hydroxylation is 1. The van der Waals surface area contributed by atoms with Crippen LogP contribution in [-0.4, -0.2) is 72.0 Å². The molecule has 3 amide bonds. The van der Waals surface area contributed by atoms with Crippen LogP contribution in [0.25, 0.3) is 0 Å². The quantitative estimate of drug-likeness (QED) is 0.433. The fraction of sp³-hybridized carbons (Fsp3) is 0.529. The molecule has 1 aliphatic heterocycles. The predicted molar refractivity (Wildman–Crippen MR) is 101 cm³/mol. The molecule has 154 valence electrons. The van der Waals surface area contributed by atoms with Gasteiger partial charge in [0.05, 0.1) is 24.9 Å². The van der Waals surface area contributed by atoms with Crippen molar-refractivity contribution < 1.29 is 24.0 Å². The number of imidazole rings is 1. The van der Waals surface area contributed by atoms with Crippen LogP contribution in [0.5, 0.6) is 0 Å². The number of piperidine rings is 1. The Bertz CT molecular complexity index is 750. The number of halogens is 1. The van der Waals surface area contributed by atoms with E-state index in [0.29, 0.717) is 25.1 Å². The zero-order chi connectivity index (χ0) is 20.7. The van der Waals surface area contributed by atoms with E-state index in [-0.39, 0.29) is 35.4 Å². The second-order valence-corrected chi connectivity index (χ2v) is 6.50. The zero-order valence-electron chi connectivity index (χ0n) is 16.0. The largest absolute Gasteiger partial charge is 0.377 e. The first-order chi connectivity index (χ1) is 13.4. The number of ether oxygens (including phenoxy) is 1. The number of methoxy groups -OCH3 is 1. The van der Waals surface area contributed by atoms with Crippen LogP contribution in [0.1, 0.15) is 29.7 Å². The van der Waals surface area contributed by atoms with Crippen LogP contribution in [0.4, 0.5) is 0 Å². The van der Waals surface area contributed by atoms with Crippen LogP contribution in [0, 0.1) is 0 Å². The van der Waals surface area contributed by atoms with Crippen molar-refractivity contribution in [3.63, 3.8) is 0 Å². The average molecular weight is 414 g/mol. The number of aromatic nitrogens is 2. The molecule has 1 aromatic rings. The maximum atomic E-state index is 12.4. The Kier molecular flexibility index (Phi) is 7.97. The molecule has 10 nitrogen and oxygen atoms in total. The number of hydroxylamine groups is 1. The molecule has 11 heteroatoms. The van der Waals surface area contributed by atoms with E-state index in [9.17, 15) is 14.4 Å². The Balaban J connectivity index is 1.95. The highest BCUT2D eigenvalue weighted by molar-refractivity contribution is 6.30. The molecule has 0 bridgehead atoms. The molecular formula is C17H24ClN5O5. The lowest BCUT2D eigenvalue weighted by atomic mass is 10.0. The van der Waals surface area contributed by atoms with Gasteiger partial charge in [0, 0.05) is 32.4 Å². The van der Waals surface area contributed by atoms with Gasteiger partial charge in [-0.1, -0.05) is 18.5 Å². The second-order valence-electron chi connectivity index (χ2n) is 6.14. The molecule has 1 aromatic heterocycles. The molecule has 1 fully saturated rings. The van der Waals surface area contributed by atoms with Crippen LogP contribution in [-0.2, 0) is 25.6 Å². The molecule has 1 saturated heterocycles. The number of nitrogens with one attached hydrogen (secondary N) is 3. The first kappa shape index (κ1) is 21.9. The number of aromatic amines is 1. The molecule has 0 radical (unpaired) electrons. The third-order valence-electron chi connectivity index (χ3n) is 4.37. The molecule has 28 heavy (non-hydrogen) atoms. The minimum atomic E-state index is -0.537. The molecule has 2 rings (SSSR count). The van der Waals surface area contributed by atoms with Crippen LogP contribution in [0.15, 0.2) is 12.2 Å². The summed E-state index contributed by atoms with van der Waals surface area (Å²) in [6.07, 6.45) is 2.98. The van der Waals surface area contributed by atoms with Gasteiger partial charge in [0.25, 0.3) is 11.8 Å². The summed E-state index contributed by atoms with van der Waals surface area (Å²) in [6, 6.07) is -0.295. The summed E-state index contributed by atoms with van der Waals surface area (Å²) in [6.45, 7) is 2.58. The summed E-state index contributed by atoms with van der Waals surface area (Å²) < 4.78 is 5.45. The molecule has 1 aliphatic rings. The van der Waals surface area contributed by atoms with Gasteiger partial charge in [-0.15, -0.1) is 0 Å². The van der Waals surface area contributed by atoms with Crippen molar-refractivity contribution in [2.75, 3.05) is 27.3 Å². The van der Waals surface area contributed by atoms with E-state index in [1.54, 1.807) is 4.90 Å². The minimum Gasteiger partial charge on any atom is -0.377 e. The number of rotatable bonds is 7. The highest BCUT2D eigenvalue weighted by Gasteiger charge is 2.32. The number of amides is 3. The summed E-state index contributed by atoms with van der Waals surface area (Å²) in [5.74, 6) is -1.11. The molecule has 2 heterocycles. The van der Waals surface area contributed by atoms with Gasteiger partial charge in [0.2, 0.25) is 5.91 Å². The lowest BCUT2D eigenvalue weighted by molar-refractivity contribution is -0.131. The van der Waals surface area contributed by atoms with Crippen molar-refractivity contribution in [2.45, 2.75) is 31.9 Å². The van der Waals surface area contributed by atoms with Crippen LogP contribution in [0.2, 0.25) is 5.15 Å². The molecule has 2 atom stereocenters. The molecular weight excluding hydrogens is 390 g/mol. The Morgan fingerprint density at radius 2 is 2.11 bits per heavy atom. The number of likely N-dealkylation sites (tertiary alicyclic amines) is 1. The number of carbonyl (C=O) groups excluding carboxylic acids is 3. The molecule has 3 N–H and O–H groups in total. The van der Waals surface area contributed by atoms with E-state index in [2.05, 4.69) is 25.6 Å². The molecule has 0 aromatic carbocycles. The fourth-order valence-corrected chi connectivity index (χ4v) is 3.14. The van der Waals surface area contributed by atoms with Crippen molar-refractivity contribution in [2.24, 2.45) is 0 Å². The second kappa shape index (κ2) is 10.2. The summed E-state index contributed by atoms with van der Waals surface area (Å²) in [7, 11) is 2.81. The fourth-order valence-electron chi connectivity index (χ4n) is 2.87. The van der Waals surface area contributed by atoms with Gasteiger partial charge in [0.1, 0.15) is 0 Å². The molecule has 0 unspecified atom stereocenters. The van der Waals surface area contributed by atoms with E-state index < -0.39 is 12.0 Å². The SMILES string of the molecule is CCc1[nH]c(C(=O)N[C@@H]2CCN(C(=O)/C=C/C(=O)NOC)C[C@@H]2OC)nc1Cl. The third kappa shape index (κ3) is 5.54. The van der Waals surface area contributed by atoms with Crippen molar-refractivity contribution in [1.82, 2.24) is 25.7 Å². The number of hydrogen-bond donors (Lipinski definition) is 3. The summed E-state index contributed by atoms with van der Waals surface area (Å²) in [5.41, 5.74) is 2.79. The van der Waals surface area contributed by atoms with Crippen LogP contribution in [0.3, 0.4) is 0 Å². The maximum absolute atomic E-state index is 12.4. The van der Waals surface area contributed by atoms with Crippen molar-refractivity contribution in [3.05, 3.63) is 28.8 Å². The normalized spacial score (nSPS) is 19.6. The third-order valence-corrected chi connectivity index (χ3v) is 4.68. The minimum absolute atomic E-state index is 0.141. The molecule has 0 saturated carbocycles. The number of hydrogen-bond acceptors (Lipinski definition) is 6. The Morgan fingerprint density at radius 1 is 1.36 bits per heavy atom. The molecule has 0 spiro atoms. The van der Waals surface area contributed by atoms with Crippen LogP contribution < -0.4 is 10.8 Å². The lowest BCUT2D eigenvalue weighted by Crippen LogP contribution is -2.55. The summed E-state index contributed by atoms with van der Waals surface area (Å²) in [4.78, 5) is 49.0. The van der Waals surface area contributed by atoms with Gasteiger partial charge in [-0.25, -0.2) is 10.5 Å². The van der Waals surface area contributed by atoms with Gasteiger partial charge < -0.3 is 19.9 Å². The van der Waals surface area contributed by atoms with E-state index in [1.165, 1.54) is 14.2 Å². The summed E-state index contributed by atoms with van der Waals surface area (Å²) >= 11 is 5.98.